The topological polar surface area (TPSA) is 76.7 Å². The molecule has 27 heavy (non-hydrogen) atoms. The van der Waals surface area contributed by atoms with Gasteiger partial charge in [0.25, 0.3) is 11.8 Å². The number of hydrazine groups is 1. The van der Waals surface area contributed by atoms with E-state index in [2.05, 4.69) is 17.8 Å². The molecule has 2 rings (SSSR count). The van der Waals surface area contributed by atoms with E-state index in [1.165, 1.54) is 0 Å². The first-order chi connectivity index (χ1) is 13.1. The quantitative estimate of drug-likeness (QED) is 0.524. The second-order valence-electron chi connectivity index (χ2n) is 6.18. The molecule has 0 aromatic heterocycles. The summed E-state index contributed by atoms with van der Waals surface area (Å²) in [7, 11) is 0. The summed E-state index contributed by atoms with van der Waals surface area (Å²) in [6, 6.07) is 14.1. The monoisotopic (exact) mass is 370 g/mol. The van der Waals surface area contributed by atoms with Gasteiger partial charge in [-0.1, -0.05) is 37.5 Å². The van der Waals surface area contributed by atoms with E-state index >= 15 is 0 Å². The van der Waals surface area contributed by atoms with E-state index in [4.69, 9.17) is 9.47 Å². The Morgan fingerprint density at radius 2 is 1.48 bits per heavy atom. The number of ether oxygens (including phenoxy) is 2. The standard InChI is InChI=1S/C21H26N2O4/c1-3-4-5-14-26-18-12-8-17(9-13-18)21(25)23-22-20(24)15-27-19-10-6-16(2)7-11-19/h6-13H,3-5,14-15H2,1-2H3,(H,22,24)(H,23,25). The first kappa shape index (κ1) is 20.3. The summed E-state index contributed by atoms with van der Waals surface area (Å²) in [5.41, 5.74) is 6.23. The number of amides is 2. The van der Waals surface area contributed by atoms with Crippen LogP contribution in [0.2, 0.25) is 0 Å². The Morgan fingerprint density at radius 1 is 0.852 bits per heavy atom. The van der Waals surface area contributed by atoms with Gasteiger partial charge in [0.1, 0.15) is 11.5 Å². The molecule has 0 saturated heterocycles. The molecule has 0 heterocycles. The molecule has 0 unspecified atom stereocenters. The molecular formula is C21H26N2O4. The van der Waals surface area contributed by atoms with Crippen molar-refractivity contribution in [2.45, 2.75) is 33.1 Å². The first-order valence-corrected chi connectivity index (χ1v) is 9.10. The molecular weight excluding hydrogens is 344 g/mol. The van der Waals surface area contributed by atoms with Crippen molar-refractivity contribution in [3.8, 4) is 11.5 Å². The van der Waals surface area contributed by atoms with Crippen molar-refractivity contribution in [1.29, 1.82) is 0 Å². The second-order valence-corrected chi connectivity index (χ2v) is 6.18. The zero-order chi connectivity index (χ0) is 19.5. The van der Waals surface area contributed by atoms with E-state index in [1.54, 1.807) is 36.4 Å². The normalized spacial score (nSPS) is 10.1. The molecule has 0 fully saturated rings. The van der Waals surface area contributed by atoms with Crippen molar-refractivity contribution < 1.29 is 19.1 Å². The van der Waals surface area contributed by atoms with Crippen molar-refractivity contribution >= 4 is 11.8 Å². The van der Waals surface area contributed by atoms with Crippen molar-refractivity contribution in [1.82, 2.24) is 10.9 Å². The van der Waals surface area contributed by atoms with Crippen LogP contribution >= 0.6 is 0 Å². The van der Waals surface area contributed by atoms with E-state index in [9.17, 15) is 9.59 Å². The van der Waals surface area contributed by atoms with Gasteiger partial charge < -0.3 is 9.47 Å². The van der Waals surface area contributed by atoms with Crippen LogP contribution in [0.1, 0.15) is 42.1 Å². The Balaban J connectivity index is 1.71. The van der Waals surface area contributed by atoms with E-state index in [-0.39, 0.29) is 6.61 Å². The zero-order valence-corrected chi connectivity index (χ0v) is 15.8. The average molecular weight is 370 g/mol. The molecule has 0 spiro atoms. The molecule has 0 atom stereocenters. The summed E-state index contributed by atoms with van der Waals surface area (Å²) in [6.07, 6.45) is 3.29. The minimum absolute atomic E-state index is 0.187. The van der Waals surface area contributed by atoms with E-state index in [1.807, 2.05) is 19.1 Å². The fourth-order valence-electron chi connectivity index (χ4n) is 2.26. The molecule has 144 valence electrons. The molecule has 2 N–H and O–H groups in total. The number of carbonyl (C=O) groups excluding carboxylic acids is 2. The van der Waals surface area contributed by atoms with Crippen LogP contribution in [-0.4, -0.2) is 25.0 Å². The fourth-order valence-corrected chi connectivity index (χ4v) is 2.26. The number of aryl methyl sites for hydroxylation is 1. The number of hydrogen-bond acceptors (Lipinski definition) is 4. The molecule has 2 amide bonds. The number of nitrogens with one attached hydrogen (secondary N) is 2. The van der Waals surface area contributed by atoms with Gasteiger partial charge in [0.05, 0.1) is 6.61 Å². The first-order valence-electron chi connectivity index (χ1n) is 9.10. The molecule has 2 aromatic carbocycles. The number of benzene rings is 2. The fraction of sp³-hybridized carbons (Fsp3) is 0.333. The Labute approximate surface area is 159 Å². The lowest BCUT2D eigenvalue weighted by atomic mass is 10.2. The summed E-state index contributed by atoms with van der Waals surface area (Å²) in [5, 5.41) is 0. The van der Waals surface area contributed by atoms with E-state index in [0.717, 1.165) is 30.6 Å². The van der Waals surface area contributed by atoms with Crippen molar-refractivity contribution in [2.75, 3.05) is 13.2 Å². The smallest absolute Gasteiger partial charge is 0.276 e. The van der Waals surface area contributed by atoms with Gasteiger partial charge in [-0.15, -0.1) is 0 Å². The highest BCUT2D eigenvalue weighted by atomic mass is 16.5. The van der Waals surface area contributed by atoms with Crippen molar-refractivity contribution in [3.63, 3.8) is 0 Å². The van der Waals surface area contributed by atoms with Crippen LogP contribution in [0.15, 0.2) is 48.5 Å². The second kappa shape index (κ2) is 10.9. The highest BCUT2D eigenvalue weighted by Crippen LogP contribution is 2.13. The van der Waals surface area contributed by atoms with Crippen LogP contribution in [0.5, 0.6) is 11.5 Å². The number of hydrogen-bond donors (Lipinski definition) is 2. The van der Waals surface area contributed by atoms with E-state index < -0.39 is 11.8 Å². The zero-order valence-electron chi connectivity index (χ0n) is 15.8. The number of rotatable bonds is 9. The van der Waals surface area contributed by atoms with E-state index in [0.29, 0.717) is 17.9 Å². The van der Waals surface area contributed by atoms with Gasteiger partial charge in [-0.25, -0.2) is 0 Å². The largest absolute Gasteiger partial charge is 0.494 e. The van der Waals surface area contributed by atoms with Gasteiger partial charge >= 0.3 is 0 Å². The van der Waals surface area contributed by atoms with Crippen LogP contribution < -0.4 is 20.3 Å². The molecule has 0 saturated carbocycles. The van der Waals surface area contributed by atoms with Crippen LogP contribution in [0, 0.1) is 6.92 Å². The Bertz CT molecular complexity index is 727. The SMILES string of the molecule is CCCCCOc1ccc(C(=O)NNC(=O)COc2ccc(C)cc2)cc1. The summed E-state index contributed by atoms with van der Waals surface area (Å²) < 4.78 is 11.0. The van der Waals surface area contributed by atoms with Crippen molar-refractivity contribution in [2.24, 2.45) is 0 Å². The van der Waals surface area contributed by atoms with Gasteiger partial charge in [-0.2, -0.15) is 0 Å². The number of carbonyl (C=O) groups is 2. The summed E-state index contributed by atoms with van der Waals surface area (Å²) >= 11 is 0. The Morgan fingerprint density at radius 3 is 2.15 bits per heavy atom. The highest BCUT2D eigenvalue weighted by Gasteiger charge is 2.08. The average Bonchev–Trinajstić information content (AvgIpc) is 2.69. The third-order valence-electron chi connectivity index (χ3n) is 3.84. The lowest BCUT2D eigenvalue weighted by Crippen LogP contribution is -2.43. The molecule has 6 heteroatoms. The highest BCUT2D eigenvalue weighted by molar-refractivity contribution is 5.95. The maximum absolute atomic E-state index is 12.1. The van der Waals surface area contributed by atoms with Gasteiger partial charge in [0, 0.05) is 5.56 Å². The van der Waals surface area contributed by atoms with Gasteiger partial charge in [0.15, 0.2) is 6.61 Å². The molecule has 2 aromatic rings. The summed E-state index contributed by atoms with van der Waals surface area (Å²) in [6.45, 7) is 4.59. The minimum Gasteiger partial charge on any atom is -0.494 e. The molecule has 0 radical (unpaired) electrons. The minimum atomic E-state index is -0.445. The maximum Gasteiger partial charge on any atom is 0.276 e. The number of unbranched alkanes of at least 4 members (excludes halogenated alkanes) is 2. The Kier molecular flexibility index (Phi) is 8.16. The summed E-state index contributed by atoms with van der Waals surface area (Å²) in [4.78, 5) is 23.8. The predicted molar refractivity (Wildman–Crippen MR) is 104 cm³/mol. The molecule has 0 aliphatic heterocycles. The predicted octanol–water partition coefficient (Wildman–Crippen LogP) is 3.40. The van der Waals surface area contributed by atoms with Gasteiger partial charge in [-0.05, 0) is 49.7 Å². The molecule has 6 nitrogen and oxygen atoms in total. The third kappa shape index (κ3) is 7.40. The van der Waals surface area contributed by atoms with Crippen LogP contribution in [0.4, 0.5) is 0 Å². The Hall–Kier alpha value is -3.02. The lowest BCUT2D eigenvalue weighted by Gasteiger charge is -2.10. The third-order valence-corrected chi connectivity index (χ3v) is 3.84. The van der Waals surface area contributed by atoms with Crippen LogP contribution in [-0.2, 0) is 4.79 Å². The van der Waals surface area contributed by atoms with Crippen LogP contribution in [0.25, 0.3) is 0 Å². The lowest BCUT2D eigenvalue weighted by molar-refractivity contribution is -0.123. The van der Waals surface area contributed by atoms with Crippen molar-refractivity contribution in [3.05, 3.63) is 59.7 Å². The molecule has 0 bridgehead atoms. The maximum atomic E-state index is 12.1. The van der Waals surface area contributed by atoms with Crippen LogP contribution in [0.3, 0.4) is 0 Å². The molecule has 0 aliphatic rings. The van der Waals surface area contributed by atoms with Gasteiger partial charge in [0.2, 0.25) is 0 Å². The molecule has 0 aliphatic carbocycles. The van der Waals surface area contributed by atoms with Gasteiger partial charge in [-0.3, -0.25) is 20.4 Å². The summed E-state index contributed by atoms with van der Waals surface area (Å²) in [5.74, 6) is 0.464.